The molecular weight excluding hydrogens is 392 g/mol. The van der Waals surface area contributed by atoms with Gasteiger partial charge in [-0.05, 0) is 48.9 Å². The Morgan fingerprint density at radius 1 is 1.15 bits per heavy atom. The van der Waals surface area contributed by atoms with Gasteiger partial charge in [-0.25, -0.2) is 13.2 Å². The molecule has 2 aromatic carbocycles. The topological polar surface area (TPSA) is 92.8 Å². The lowest BCUT2D eigenvalue weighted by Crippen LogP contribution is -2.37. The summed E-state index contributed by atoms with van der Waals surface area (Å²) < 4.78 is 29.8. The van der Waals surface area contributed by atoms with Gasteiger partial charge < -0.3 is 10.1 Å². The van der Waals surface area contributed by atoms with Crippen molar-refractivity contribution in [2.45, 2.75) is 6.92 Å². The fraction of sp³-hybridized carbons (Fsp3) is 0.222. The molecule has 0 aliphatic rings. The molecule has 0 unspecified atom stereocenters. The molecule has 7 nitrogen and oxygen atoms in total. The lowest BCUT2D eigenvalue weighted by molar-refractivity contribution is -0.114. The van der Waals surface area contributed by atoms with Gasteiger partial charge in [0.15, 0.2) is 0 Å². The summed E-state index contributed by atoms with van der Waals surface area (Å²) in [6.07, 6.45) is 1.01. The van der Waals surface area contributed by atoms with Gasteiger partial charge in [-0.3, -0.25) is 9.10 Å². The van der Waals surface area contributed by atoms with Gasteiger partial charge in [0.2, 0.25) is 15.9 Å². The lowest BCUT2D eigenvalue weighted by Gasteiger charge is -2.22. The van der Waals surface area contributed by atoms with E-state index in [0.29, 0.717) is 22.0 Å². The van der Waals surface area contributed by atoms with E-state index in [1.165, 1.54) is 37.4 Å². The van der Waals surface area contributed by atoms with Crippen molar-refractivity contribution in [1.82, 2.24) is 0 Å². The van der Waals surface area contributed by atoms with Crippen LogP contribution in [0, 0.1) is 6.92 Å². The van der Waals surface area contributed by atoms with Crippen LogP contribution in [0.1, 0.15) is 15.9 Å². The summed E-state index contributed by atoms with van der Waals surface area (Å²) in [4.78, 5) is 24.1. The molecule has 0 atom stereocenters. The molecule has 0 heterocycles. The fourth-order valence-corrected chi connectivity index (χ4v) is 3.31. The molecule has 0 aliphatic heterocycles. The second kappa shape index (κ2) is 8.41. The van der Waals surface area contributed by atoms with Crippen molar-refractivity contribution in [3.8, 4) is 0 Å². The third kappa shape index (κ3) is 5.45. The number of esters is 1. The quantitative estimate of drug-likeness (QED) is 0.739. The van der Waals surface area contributed by atoms with Crippen LogP contribution in [0.3, 0.4) is 0 Å². The second-order valence-corrected chi connectivity index (χ2v) is 8.16. The van der Waals surface area contributed by atoms with Crippen LogP contribution in [0.15, 0.2) is 42.5 Å². The number of aryl methyl sites for hydroxylation is 1. The molecule has 2 aromatic rings. The summed E-state index contributed by atoms with van der Waals surface area (Å²) in [5.41, 5.74) is 1.70. The largest absolute Gasteiger partial charge is 0.465 e. The Labute approximate surface area is 162 Å². The molecule has 0 saturated carbocycles. The third-order valence-electron chi connectivity index (χ3n) is 3.73. The number of sulfonamides is 1. The molecule has 0 aliphatic carbocycles. The van der Waals surface area contributed by atoms with Gasteiger partial charge in [0.1, 0.15) is 6.54 Å². The van der Waals surface area contributed by atoms with E-state index in [2.05, 4.69) is 10.1 Å². The van der Waals surface area contributed by atoms with Crippen molar-refractivity contribution in [3.63, 3.8) is 0 Å². The van der Waals surface area contributed by atoms with Crippen LogP contribution in [0.5, 0.6) is 0 Å². The SMILES string of the molecule is COC(=O)c1ccc(C)c(NC(=O)CN(c2ccc(Cl)cc2)S(C)(=O)=O)c1. The van der Waals surface area contributed by atoms with Gasteiger partial charge in [0, 0.05) is 10.7 Å². The first kappa shape index (κ1) is 20.7. The van der Waals surface area contributed by atoms with Crippen LogP contribution >= 0.6 is 11.6 Å². The van der Waals surface area contributed by atoms with E-state index < -0.39 is 28.4 Å². The fourth-order valence-electron chi connectivity index (χ4n) is 2.33. The Morgan fingerprint density at radius 2 is 1.78 bits per heavy atom. The van der Waals surface area contributed by atoms with Gasteiger partial charge in [0.05, 0.1) is 24.6 Å². The summed E-state index contributed by atoms with van der Waals surface area (Å²) in [5, 5.41) is 3.09. The Kier molecular flexibility index (Phi) is 6.45. The zero-order valence-corrected chi connectivity index (χ0v) is 16.6. The van der Waals surface area contributed by atoms with Gasteiger partial charge >= 0.3 is 5.97 Å². The summed E-state index contributed by atoms with van der Waals surface area (Å²) in [6.45, 7) is 1.33. The molecule has 0 spiro atoms. The summed E-state index contributed by atoms with van der Waals surface area (Å²) in [5.74, 6) is -1.09. The number of halogens is 1. The van der Waals surface area contributed by atoms with Crippen molar-refractivity contribution < 1.29 is 22.7 Å². The molecular formula is C18H19ClN2O5S. The number of benzene rings is 2. The first-order valence-corrected chi connectivity index (χ1v) is 10.1. The summed E-state index contributed by atoms with van der Waals surface area (Å²) in [7, 11) is -2.44. The highest BCUT2D eigenvalue weighted by Crippen LogP contribution is 2.21. The van der Waals surface area contributed by atoms with Crippen molar-refractivity contribution in [2.24, 2.45) is 0 Å². The smallest absolute Gasteiger partial charge is 0.337 e. The monoisotopic (exact) mass is 410 g/mol. The van der Waals surface area contributed by atoms with Crippen LogP contribution in [0.25, 0.3) is 0 Å². The molecule has 0 radical (unpaired) electrons. The van der Waals surface area contributed by atoms with E-state index in [9.17, 15) is 18.0 Å². The second-order valence-electron chi connectivity index (χ2n) is 5.82. The van der Waals surface area contributed by atoms with Gasteiger partial charge in [-0.2, -0.15) is 0 Å². The van der Waals surface area contributed by atoms with Crippen LogP contribution < -0.4 is 9.62 Å². The van der Waals surface area contributed by atoms with E-state index in [1.807, 2.05) is 0 Å². The highest BCUT2D eigenvalue weighted by molar-refractivity contribution is 7.92. The number of hydrogen-bond acceptors (Lipinski definition) is 5. The van der Waals surface area contributed by atoms with Crippen molar-refractivity contribution in [2.75, 3.05) is 29.5 Å². The number of rotatable bonds is 6. The van der Waals surface area contributed by atoms with Crippen LogP contribution in [-0.4, -0.2) is 40.2 Å². The van der Waals surface area contributed by atoms with E-state index in [0.717, 1.165) is 10.6 Å². The number of ether oxygens (including phenoxy) is 1. The maximum absolute atomic E-state index is 12.5. The predicted octanol–water partition coefficient (Wildman–Crippen LogP) is 2.84. The summed E-state index contributed by atoms with van der Waals surface area (Å²) >= 11 is 5.83. The predicted molar refractivity (Wildman–Crippen MR) is 105 cm³/mol. The van der Waals surface area contributed by atoms with Crippen LogP contribution in [-0.2, 0) is 19.6 Å². The molecule has 0 bridgehead atoms. The van der Waals surface area contributed by atoms with E-state index >= 15 is 0 Å². The molecule has 27 heavy (non-hydrogen) atoms. The zero-order chi connectivity index (χ0) is 20.2. The average molecular weight is 411 g/mol. The number of carbonyl (C=O) groups excluding carboxylic acids is 2. The van der Waals surface area contributed by atoms with Gasteiger partial charge in [0.25, 0.3) is 0 Å². The Morgan fingerprint density at radius 3 is 2.33 bits per heavy atom. The number of methoxy groups -OCH3 is 1. The standard InChI is InChI=1S/C18H19ClN2O5S/c1-12-4-5-13(18(23)26-2)10-16(12)20-17(22)11-21(27(3,24)25)15-8-6-14(19)7-9-15/h4-10H,11H2,1-3H3,(H,20,22). The van der Waals surface area contributed by atoms with Gasteiger partial charge in [-0.15, -0.1) is 0 Å². The molecule has 2 rings (SSSR count). The molecule has 1 amide bonds. The Hall–Kier alpha value is -2.58. The zero-order valence-electron chi connectivity index (χ0n) is 15.0. The first-order valence-electron chi connectivity index (χ1n) is 7.84. The Balaban J connectivity index is 2.24. The first-order chi connectivity index (χ1) is 12.6. The van der Waals surface area contributed by atoms with E-state index in [1.54, 1.807) is 19.1 Å². The number of anilines is 2. The molecule has 144 valence electrons. The minimum Gasteiger partial charge on any atom is -0.465 e. The normalized spacial score (nSPS) is 11.0. The number of hydrogen-bond donors (Lipinski definition) is 1. The number of carbonyl (C=O) groups is 2. The van der Waals surface area contributed by atoms with Crippen LogP contribution in [0.4, 0.5) is 11.4 Å². The lowest BCUT2D eigenvalue weighted by atomic mass is 10.1. The van der Waals surface area contributed by atoms with Crippen molar-refractivity contribution in [1.29, 1.82) is 0 Å². The Bertz CT molecular complexity index is 958. The minimum absolute atomic E-state index is 0.274. The molecule has 9 heteroatoms. The average Bonchev–Trinajstić information content (AvgIpc) is 2.61. The maximum atomic E-state index is 12.5. The van der Waals surface area contributed by atoms with E-state index in [4.69, 9.17) is 11.6 Å². The number of amides is 1. The highest BCUT2D eigenvalue weighted by atomic mass is 35.5. The van der Waals surface area contributed by atoms with Crippen LogP contribution in [0.2, 0.25) is 5.02 Å². The molecule has 1 N–H and O–H groups in total. The minimum atomic E-state index is -3.70. The van der Waals surface area contributed by atoms with Gasteiger partial charge in [-0.1, -0.05) is 17.7 Å². The summed E-state index contributed by atoms with van der Waals surface area (Å²) in [6, 6.07) is 10.8. The number of nitrogens with zero attached hydrogens (tertiary/aromatic N) is 1. The highest BCUT2D eigenvalue weighted by Gasteiger charge is 2.21. The molecule has 0 saturated heterocycles. The molecule has 0 aromatic heterocycles. The number of nitrogens with one attached hydrogen (secondary N) is 1. The van der Waals surface area contributed by atoms with Crippen molar-refractivity contribution in [3.05, 3.63) is 58.6 Å². The third-order valence-corrected chi connectivity index (χ3v) is 5.13. The van der Waals surface area contributed by atoms with Crippen molar-refractivity contribution >= 4 is 44.9 Å². The molecule has 0 fully saturated rings. The maximum Gasteiger partial charge on any atom is 0.337 e. The van der Waals surface area contributed by atoms with E-state index in [-0.39, 0.29) is 5.56 Å².